The predicted molar refractivity (Wildman–Crippen MR) is 80.6 cm³/mol. The SMILES string of the molecule is O=C(O)[C@H]1CN(Cc2nccn2C2CC2)CCN(C(=O)CO)C1. The van der Waals surface area contributed by atoms with Crippen LogP contribution in [0.4, 0.5) is 0 Å². The Bertz CT molecular complexity index is 584. The van der Waals surface area contributed by atoms with E-state index in [2.05, 4.69) is 9.55 Å². The van der Waals surface area contributed by atoms with Crippen LogP contribution in [0.15, 0.2) is 12.4 Å². The maximum Gasteiger partial charge on any atom is 0.309 e. The molecule has 2 heterocycles. The second kappa shape index (κ2) is 6.67. The molecule has 1 aliphatic carbocycles. The number of hydrogen-bond acceptors (Lipinski definition) is 5. The Morgan fingerprint density at radius 3 is 2.70 bits per heavy atom. The van der Waals surface area contributed by atoms with Crippen LogP contribution in [-0.2, 0) is 16.1 Å². The molecular weight excluding hydrogens is 300 g/mol. The molecule has 0 unspecified atom stereocenters. The minimum absolute atomic E-state index is 0.141. The number of carboxylic acid groups (broad SMARTS) is 1. The standard InChI is InChI=1S/C15H22N4O4/c20-10-14(21)18-6-5-17(7-11(8-18)15(22)23)9-13-16-3-4-19(13)12-1-2-12/h3-4,11-12,20H,1-2,5-10H2,(H,22,23)/t11-/m0/s1. The van der Waals surface area contributed by atoms with Gasteiger partial charge in [-0.15, -0.1) is 0 Å². The fourth-order valence-corrected chi connectivity index (χ4v) is 3.06. The maximum atomic E-state index is 11.7. The summed E-state index contributed by atoms with van der Waals surface area (Å²) in [6, 6.07) is 0.530. The topological polar surface area (TPSA) is 98.9 Å². The molecule has 23 heavy (non-hydrogen) atoms. The Balaban J connectivity index is 1.70. The minimum atomic E-state index is -0.918. The molecule has 0 aromatic carbocycles. The highest BCUT2D eigenvalue weighted by atomic mass is 16.4. The van der Waals surface area contributed by atoms with E-state index in [0.29, 0.717) is 32.2 Å². The maximum absolute atomic E-state index is 11.7. The second-order valence-corrected chi connectivity index (χ2v) is 6.25. The van der Waals surface area contributed by atoms with Crippen molar-refractivity contribution in [1.29, 1.82) is 0 Å². The number of carbonyl (C=O) groups excluding carboxylic acids is 1. The molecule has 0 radical (unpaired) electrons. The molecule has 2 aliphatic rings. The summed E-state index contributed by atoms with van der Waals surface area (Å²) < 4.78 is 2.16. The van der Waals surface area contributed by atoms with Gasteiger partial charge in [0.05, 0.1) is 12.5 Å². The number of carboxylic acids is 1. The van der Waals surface area contributed by atoms with E-state index in [9.17, 15) is 14.7 Å². The first kappa shape index (κ1) is 15.9. The Morgan fingerprint density at radius 2 is 2.04 bits per heavy atom. The molecule has 1 saturated carbocycles. The molecule has 1 aromatic heterocycles. The molecule has 3 rings (SSSR count). The van der Waals surface area contributed by atoms with Crippen LogP contribution in [0.3, 0.4) is 0 Å². The normalized spacial score (nSPS) is 22.8. The van der Waals surface area contributed by atoms with Crippen molar-refractivity contribution in [1.82, 2.24) is 19.4 Å². The molecule has 1 aromatic rings. The number of aliphatic carboxylic acids is 1. The fourth-order valence-electron chi connectivity index (χ4n) is 3.06. The highest BCUT2D eigenvalue weighted by Gasteiger charge is 2.31. The quantitative estimate of drug-likeness (QED) is 0.762. The number of amides is 1. The van der Waals surface area contributed by atoms with Gasteiger partial charge in [-0.2, -0.15) is 0 Å². The smallest absolute Gasteiger partial charge is 0.309 e. The van der Waals surface area contributed by atoms with Crippen molar-refractivity contribution in [3.8, 4) is 0 Å². The van der Waals surface area contributed by atoms with Crippen molar-refractivity contribution < 1.29 is 19.8 Å². The lowest BCUT2D eigenvalue weighted by Crippen LogP contribution is -2.39. The van der Waals surface area contributed by atoms with Crippen molar-refractivity contribution in [2.24, 2.45) is 5.92 Å². The number of imidazole rings is 1. The molecule has 2 fully saturated rings. The lowest BCUT2D eigenvalue weighted by atomic mass is 10.1. The van der Waals surface area contributed by atoms with E-state index in [0.717, 1.165) is 5.82 Å². The van der Waals surface area contributed by atoms with E-state index in [4.69, 9.17) is 5.11 Å². The number of aliphatic hydroxyl groups excluding tert-OH is 1. The third kappa shape index (κ3) is 3.70. The summed E-state index contributed by atoms with van der Waals surface area (Å²) in [4.78, 5) is 31.0. The molecule has 1 amide bonds. The average molecular weight is 322 g/mol. The zero-order valence-electron chi connectivity index (χ0n) is 13.0. The van der Waals surface area contributed by atoms with E-state index in [1.807, 2.05) is 11.1 Å². The predicted octanol–water partition coefficient (Wildman–Crippen LogP) is -0.445. The number of nitrogens with zero attached hydrogens (tertiary/aromatic N) is 4. The van der Waals surface area contributed by atoms with Gasteiger partial charge in [-0.3, -0.25) is 14.5 Å². The van der Waals surface area contributed by atoms with E-state index in [1.165, 1.54) is 17.7 Å². The van der Waals surface area contributed by atoms with Crippen LogP contribution < -0.4 is 0 Å². The van der Waals surface area contributed by atoms with Gasteiger partial charge in [-0.25, -0.2) is 4.98 Å². The average Bonchev–Trinajstić information content (AvgIpc) is 3.31. The second-order valence-electron chi connectivity index (χ2n) is 6.25. The first-order chi connectivity index (χ1) is 11.1. The number of aliphatic hydroxyl groups is 1. The summed E-state index contributed by atoms with van der Waals surface area (Å²) in [5.74, 6) is -1.05. The van der Waals surface area contributed by atoms with Crippen LogP contribution in [-0.4, -0.2) is 74.2 Å². The molecular formula is C15H22N4O4. The zero-order chi connectivity index (χ0) is 16.4. The summed E-state index contributed by atoms with van der Waals surface area (Å²) in [6.45, 7) is 1.51. The van der Waals surface area contributed by atoms with E-state index in [1.54, 1.807) is 6.20 Å². The van der Waals surface area contributed by atoms with Gasteiger partial charge in [0.25, 0.3) is 0 Å². The van der Waals surface area contributed by atoms with Crippen LogP contribution in [0.2, 0.25) is 0 Å². The number of hydrogen-bond donors (Lipinski definition) is 2. The molecule has 1 atom stereocenters. The van der Waals surface area contributed by atoms with Gasteiger partial charge in [-0.1, -0.05) is 0 Å². The summed E-state index contributed by atoms with van der Waals surface area (Å²) in [5, 5.41) is 18.4. The van der Waals surface area contributed by atoms with Crippen LogP contribution in [0.1, 0.15) is 24.7 Å². The van der Waals surface area contributed by atoms with Gasteiger partial charge < -0.3 is 19.7 Å². The zero-order valence-corrected chi connectivity index (χ0v) is 13.0. The Morgan fingerprint density at radius 1 is 1.26 bits per heavy atom. The first-order valence-corrected chi connectivity index (χ1v) is 7.94. The highest BCUT2D eigenvalue weighted by molar-refractivity contribution is 5.78. The molecule has 0 bridgehead atoms. The van der Waals surface area contributed by atoms with E-state index in [-0.39, 0.29) is 6.54 Å². The van der Waals surface area contributed by atoms with Gasteiger partial charge in [-0.05, 0) is 12.8 Å². The first-order valence-electron chi connectivity index (χ1n) is 7.94. The molecule has 126 valence electrons. The molecule has 1 aliphatic heterocycles. The van der Waals surface area contributed by atoms with Crippen molar-refractivity contribution in [3.63, 3.8) is 0 Å². The van der Waals surface area contributed by atoms with Crippen molar-refractivity contribution in [3.05, 3.63) is 18.2 Å². The van der Waals surface area contributed by atoms with E-state index >= 15 is 0 Å². The minimum Gasteiger partial charge on any atom is -0.481 e. The third-order valence-electron chi connectivity index (χ3n) is 4.50. The molecule has 2 N–H and O–H groups in total. The molecule has 0 spiro atoms. The van der Waals surface area contributed by atoms with E-state index < -0.39 is 24.4 Å². The lowest BCUT2D eigenvalue weighted by Gasteiger charge is -2.21. The molecule has 1 saturated heterocycles. The summed E-state index contributed by atoms with van der Waals surface area (Å²) >= 11 is 0. The van der Waals surface area contributed by atoms with Gasteiger partial charge in [0.2, 0.25) is 5.91 Å². The Hall–Kier alpha value is -1.93. The van der Waals surface area contributed by atoms with Crippen molar-refractivity contribution in [2.45, 2.75) is 25.4 Å². The summed E-state index contributed by atoms with van der Waals surface area (Å²) in [5.41, 5.74) is 0. The van der Waals surface area contributed by atoms with Crippen molar-refractivity contribution in [2.75, 3.05) is 32.8 Å². The van der Waals surface area contributed by atoms with Gasteiger partial charge >= 0.3 is 5.97 Å². The molecule has 8 nitrogen and oxygen atoms in total. The lowest BCUT2D eigenvalue weighted by molar-refractivity contribution is -0.144. The monoisotopic (exact) mass is 322 g/mol. The third-order valence-corrected chi connectivity index (χ3v) is 4.50. The number of carbonyl (C=O) groups is 2. The van der Waals surface area contributed by atoms with Crippen LogP contribution in [0.25, 0.3) is 0 Å². The van der Waals surface area contributed by atoms with Crippen LogP contribution in [0.5, 0.6) is 0 Å². The number of aromatic nitrogens is 2. The van der Waals surface area contributed by atoms with Gasteiger partial charge in [0.15, 0.2) is 0 Å². The van der Waals surface area contributed by atoms with Crippen LogP contribution in [0, 0.1) is 5.92 Å². The van der Waals surface area contributed by atoms with Gasteiger partial charge in [0, 0.05) is 44.6 Å². The largest absolute Gasteiger partial charge is 0.481 e. The molecule has 8 heteroatoms. The number of rotatable bonds is 5. The Labute approximate surface area is 134 Å². The fraction of sp³-hybridized carbons (Fsp3) is 0.667. The van der Waals surface area contributed by atoms with Crippen LogP contribution >= 0.6 is 0 Å². The summed E-state index contributed by atoms with van der Waals surface area (Å²) in [6.07, 6.45) is 6.09. The van der Waals surface area contributed by atoms with Crippen molar-refractivity contribution >= 4 is 11.9 Å². The Kier molecular flexibility index (Phi) is 4.63. The van der Waals surface area contributed by atoms with Gasteiger partial charge in [0.1, 0.15) is 12.4 Å². The summed E-state index contributed by atoms with van der Waals surface area (Å²) in [7, 11) is 0. The highest BCUT2D eigenvalue weighted by Crippen LogP contribution is 2.35.